The zero-order valence-electron chi connectivity index (χ0n) is 17.0. The third-order valence-electron chi connectivity index (χ3n) is 4.78. The molecular formula is C20H33IN4O2S. The van der Waals surface area contributed by atoms with Crippen molar-refractivity contribution >= 4 is 47.6 Å². The van der Waals surface area contributed by atoms with Crippen LogP contribution < -0.4 is 16.0 Å². The number of nitrogens with one attached hydrogen (secondary N) is 3. The van der Waals surface area contributed by atoms with Crippen LogP contribution in [0.25, 0.3) is 0 Å². The number of rotatable bonds is 9. The van der Waals surface area contributed by atoms with Gasteiger partial charge in [0.25, 0.3) is 5.91 Å². The lowest BCUT2D eigenvalue weighted by molar-refractivity contribution is -0.0154. The van der Waals surface area contributed by atoms with Gasteiger partial charge in [-0.05, 0) is 49.6 Å². The Kier molecular flexibility index (Phi) is 11.2. The first kappa shape index (κ1) is 25.0. The second-order valence-electron chi connectivity index (χ2n) is 6.74. The van der Waals surface area contributed by atoms with Gasteiger partial charge in [-0.25, -0.2) is 0 Å². The van der Waals surface area contributed by atoms with Crippen molar-refractivity contribution in [2.45, 2.75) is 44.0 Å². The minimum atomic E-state index is -0.676. The van der Waals surface area contributed by atoms with Gasteiger partial charge in [-0.1, -0.05) is 19.1 Å². The van der Waals surface area contributed by atoms with Crippen molar-refractivity contribution in [3.63, 3.8) is 0 Å². The normalized spacial score (nSPS) is 21.3. The van der Waals surface area contributed by atoms with E-state index in [1.807, 2.05) is 43.0 Å². The van der Waals surface area contributed by atoms with E-state index in [0.29, 0.717) is 23.9 Å². The molecule has 0 aromatic heterocycles. The van der Waals surface area contributed by atoms with Crippen LogP contribution in [-0.4, -0.2) is 60.3 Å². The summed E-state index contributed by atoms with van der Waals surface area (Å²) < 4.78 is 0. The lowest BCUT2D eigenvalue weighted by atomic mass is 9.79. The molecule has 2 unspecified atom stereocenters. The van der Waals surface area contributed by atoms with Gasteiger partial charge in [0.15, 0.2) is 5.96 Å². The maximum Gasteiger partial charge on any atom is 0.251 e. The van der Waals surface area contributed by atoms with E-state index in [2.05, 4.69) is 27.9 Å². The summed E-state index contributed by atoms with van der Waals surface area (Å²) in [4.78, 5) is 16.3. The second kappa shape index (κ2) is 12.5. The standard InChI is InChI=1S/C20H32N4O2S.HI/c1-4-22-19(24-14-20(26)11-9-17(20)27-5-2)23-12-10-15-7-6-8-16(13-15)18(25)21-3;/h6-8,13,17,26H,4-5,9-12,14H2,1-3H3,(H,21,25)(H2,22,23,24);1H. The van der Waals surface area contributed by atoms with E-state index in [1.165, 1.54) is 0 Å². The molecule has 0 heterocycles. The largest absolute Gasteiger partial charge is 0.387 e. The Bertz CT molecular complexity index is 659. The summed E-state index contributed by atoms with van der Waals surface area (Å²) in [7, 11) is 1.63. The summed E-state index contributed by atoms with van der Waals surface area (Å²) in [5.74, 6) is 1.66. The Morgan fingerprint density at radius 1 is 1.36 bits per heavy atom. The molecule has 2 rings (SSSR count). The molecule has 6 nitrogen and oxygen atoms in total. The third kappa shape index (κ3) is 7.11. The van der Waals surface area contributed by atoms with E-state index in [1.54, 1.807) is 7.05 Å². The van der Waals surface area contributed by atoms with Gasteiger partial charge in [-0.2, -0.15) is 11.8 Å². The van der Waals surface area contributed by atoms with Crippen LogP contribution in [-0.2, 0) is 6.42 Å². The molecule has 0 radical (unpaired) electrons. The average Bonchev–Trinajstić information content (AvgIpc) is 2.68. The quantitative estimate of drug-likeness (QED) is 0.228. The van der Waals surface area contributed by atoms with Crippen LogP contribution in [0.15, 0.2) is 29.3 Å². The first-order chi connectivity index (χ1) is 13.0. The number of halogens is 1. The van der Waals surface area contributed by atoms with Crippen molar-refractivity contribution in [1.82, 2.24) is 16.0 Å². The smallest absolute Gasteiger partial charge is 0.251 e. The van der Waals surface area contributed by atoms with E-state index >= 15 is 0 Å². The lowest BCUT2D eigenvalue weighted by Gasteiger charge is -2.44. The Morgan fingerprint density at radius 2 is 2.14 bits per heavy atom. The fraction of sp³-hybridized carbons (Fsp3) is 0.600. The number of aliphatic hydroxyl groups is 1. The van der Waals surface area contributed by atoms with Crippen molar-refractivity contribution in [2.75, 3.05) is 32.4 Å². The number of benzene rings is 1. The maximum absolute atomic E-state index is 11.7. The predicted molar refractivity (Wildman–Crippen MR) is 129 cm³/mol. The summed E-state index contributed by atoms with van der Waals surface area (Å²) in [5, 5.41) is 20.2. The summed E-state index contributed by atoms with van der Waals surface area (Å²) >= 11 is 1.82. The summed E-state index contributed by atoms with van der Waals surface area (Å²) in [6.07, 6.45) is 2.67. The molecule has 0 aliphatic heterocycles. The Labute approximate surface area is 189 Å². The Hall–Kier alpha value is -1.00. The molecule has 0 saturated heterocycles. The maximum atomic E-state index is 11.7. The van der Waals surface area contributed by atoms with Crippen LogP contribution in [0.4, 0.5) is 0 Å². The fourth-order valence-corrected chi connectivity index (χ4v) is 4.30. The van der Waals surface area contributed by atoms with Crippen molar-refractivity contribution < 1.29 is 9.90 Å². The van der Waals surface area contributed by atoms with Crippen molar-refractivity contribution in [3.05, 3.63) is 35.4 Å². The molecule has 1 amide bonds. The highest BCUT2D eigenvalue weighted by atomic mass is 127. The molecule has 1 aromatic rings. The molecule has 1 aliphatic rings. The fourth-order valence-electron chi connectivity index (χ4n) is 3.11. The topological polar surface area (TPSA) is 85.8 Å². The number of carbonyl (C=O) groups is 1. The molecule has 1 aromatic carbocycles. The van der Waals surface area contributed by atoms with Gasteiger partial charge in [0.2, 0.25) is 0 Å². The zero-order chi connectivity index (χ0) is 19.7. The lowest BCUT2D eigenvalue weighted by Crippen LogP contribution is -2.53. The molecule has 0 spiro atoms. The number of thioether (sulfide) groups is 1. The van der Waals surface area contributed by atoms with E-state index in [9.17, 15) is 9.90 Å². The highest BCUT2D eigenvalue weighted by Gasteiger charge is 2.45. The van der Waals surface area contributed by atoms with Crippen molar-refractivity contribution in [3.8, 4) is 0 Å². The van der Waals surface area contributed by atoms with E-state index < -0.39 is 5.60 Å². The van der Waals surface area contributed by atoms with Crippen molar-refractivity contribution in [1.29, 1.82) is 0 Å². The van der Waals surface area contributed by atoms with E-state index in [-0.39, 0.29) is 29.9 Å². The monoisotopic (exact) mass is 520 g/mol. The van der Waals surface area contributed by atoms with Gasteiger partial charge in [-0.3, -0.25) is 9.79 Å². The molecule has 4 N–H and O–H groups in total. The van der Waals surface area contributed by atoms with Crippen LogP contribution in [0.2, 0.25) is 0 Å². The molecular weight excluding hydrogens is 487 g/mol. The molecule has 0 bridgehead atoms. The highest BCUT2D eigenvalue weighted by Crippen LogP contribution is 2.41. The minimum Gasteiger partial charge on any atom is -0.387 e. The number of aliphatic imine (C=N–C) groups is 1. The van der Waals surface area contributed by atoms with Gasteiger partial charge >= 0.3 is 0 Å². The predicted octanol–water partition coefficient (Wildman–Crippen LogP) is 2.41. The molecule has 1 fully saturated rings. The molecule has 8 heteroatoms. The van der Waals surface area contributed by atoms with E-state index in [0.717, 1.165) is 43.1 Å². The van der Waals surface area contributed by atoms with Crippen LogP contribution in [0, 0.1) is 0 Å². The van der Waals surface area contributed by atoms with Gasteiger partial charge < -0.3 is 21.1 Å². The van der Waals surface area contributed by atoms with Gasteiger partial charge in [0.05, 0.1) is 12.1 Å². The SMILES string of the molecule is CCNC(=NCC1(O)CCC1SCC)NCCc1cccc(C(=O)NC)c1.I. The molecule has 158 valence electrons. The van der Waals surface area contributed by atoms with Gasteiger partial charge in [0, 0.05) is 31.0 Å². The summed E-state index contributed by atoms with van der Waals surface area (Å²) in [6, 6.07) is 7.64. The van der Waals surface area contributed by atoms with Crippen LogP contribution >= 0.6 is 35.7 Å². The number of hydrogen-bond acceptors (Lipinski definition) is 4. The third-order valence-corrected chi connectivity index (χ3v) is 6.19. The number of hydrogen-bond donors (Lipinski definition) is 4. The van der Waals surface area contributed by atoms with Crippen LogP contribution in [0.5, 0.6) is 0 Å². The summed E-state index contributed by atoms with van der Waals surface area (Å²) in [6.45, 7) is 6.04. The first-order valence-corrected chi connectivity index (χ1v) is 10.7. The number of nitrogens with zero attached hydrogens (tertiary/aromatic N) is 1. The van der Waals surface area contributed by atoms with Crippen LogP contribution in [0.3, 0.4) is 0 Å². The second-order valence-corrected chi connectivity index (χ2v) is 8.22. The highest BCUT2D eigenvalue weighted by molar-refractivity contribution is 14.0. The number of guanidine groups is 1. The van der Waals surface area contributed by atoms with Crippen LogP contribution in [0.1, 0.15) is 42.6 Å². The van der Waals surface area contributed by atoms with Crippen molar-refractivity contribution in [2.24, 2.45) is 4.99 Å². The van der Waals surface area contributed by atoms with E-state index in [4.69, 9.17) is 0 Å². The van der Waals surface area contributed by atoms with Gasteiger partial charge in [0.1, 0.15) is 0 Å². The zero-order valence-corrected chi connectivity index (χ0v) is 20.1. The number of carbonyl (C=O) groups excluding carboxylic acids is 1. The molecule has 1 aliphatic carbocycles. The number of amides is 1. The Balaban J connectivity index is 0.00000392. The molecule has 2 atom stereocenters. The average molecular weight is 520 g/mol. The van der Waals surface area contributed by atoms with Gasteiger partial charge in [-0.15, -0.1) is 24.0 Å². The molecule has 28 heavy (non-hydrogen) atoms. The Morgan fingerprint density at radius 3 is 2.75 bits per heavy atom. The first-order valence-electron chi connectivity index (χ1n) is 9.69. The molecule has 1 saturated carbocycles. The minimum absolute atomic E-state index is 0. The summed E-state index contributed by atoms with van der Waals surface area (Å²) in [5.41, 5.74) is 1.09.